The summed E-state index contributed by atoms with van der Waals surface area (Å²) in [5.74, 6) is -5.96. The van der Waals surface area contributed by atoms with E-state index >= 15 is 0 Å². The molecule has 1 aromatic rings. The highest BCUT2D eigenvalue weighted by Gasteiger charge is 2.62. The Hall–Kier alpha value is -2.20. The first-order chi connectivity index (χ1) is 15.5. The van der Waals surface area contributed by atoms with E-state index in [9.17, 15) is 34.8 Å². The summed E-state index contributed by atoms with van der Waals surface area (Å²) in [7, 11) is 0. The van der Waals surface area contributed by atoms with Crippen LogP contribution in [0, 0.1) is 23.7 Å². The Morgan fingerprint density at radius 1 is 1.21 bits per heavy atom. The molecule has 4 rings (SSSR count). The largest absolute Gasteiger partial charge is 0.511 e. The van der Waals surface area contributed by atoms with Crippen LogP contribution < -0.4 is 0 Å². The SMILES string of the molecule is CCC(=O)C1=C(O)[C@@H](C(C)C)[C@@H]2C[C@@H]3Cc4ccc(CI)c(O)c4C(=O)C3=C(O)[C@]2(O)C1=O. The number of benzene rings is 1. The van der Waals surface area contributed by atoms with Gasteiger partial charge in [0.15, 0.2) is 17.2 Å². The topological polar surface area (TPSA) is 132 Å². The lowest BCUT2D eigenvalue weighted by molar-refractivity contribution is -0.149. The van der Waals surface area contributed by atoms with Gasteiger partial charge in [0.05, 0.1) is 5.56 Å². The zero-order chi connectivity index (χ0) is 24.4. The number of hydrogen-bond acceptors (Lipinski definition) is 7. The molecule has 3 aliphatic rings. The van der Waals surface area contributed by atoms with Gasteiger partial charge in [-0.05, 0) is 30.2 Å². The molecular formula is C25H27IO7. The molecule has 33 heavy (non-hydrogen) atoms. The Labute approximate surface area is 205 Å². The van der Waals surface area contributed by atoms with Crippen molar-refractivity contribution in [2.24, 2.45) is 23.7 Å². The first-order valence-corrected chi connectivity index (χ1v) is 12.6. The third-order valence-corrected chi connectivity index (χ3v) is 8.25. The first kappa shape index (κ1) is 23.9. The molecule has 0 saturated heterocycles. The molecule has 0 radical (unpaired) electrons. The number of Topliss-reactive ketones (excluding diaryl/α,β-unsaturated/α-hetero) is 3. The van der Waals surface area contributed by atoms with Crippen molar-refractivity contribution in [3.05, 3.63) is 51.5 Å². The number of hydrogen-bond donors (Lipinski definition) is 4. The van der Waals surface area contributed by atoms with Crippen LogP contribution in [0.25, 0.3) is 0 Å². The molecule has 8 heteroatoms. The summed E-state index contributed by atoms with van der Waals surface area (Å²) in [6.07, 6.45) is 0.449. The van der Waals surface area contributed by atoms with E-state index in [0.717, 1.165) is 0 Å². The minimum Gasteiger partial charge on any atom is -0.511 e. The van der Waals surface area contributed by atoms with Crippen LogP contribution in [-0.2, 0) is 20.4 Å². The number of carbonyl (C=O) groups excluding carboxylic acids is 3. The van der Waals surface area contributed by atoms with Gasteiger partial charge in [-0.2, -0.15) is 0 Å². The molecule has 0 bridgehead atoms. The van der Waals surface area contributed by atoms with E-state index in [1.54, 1.807) is 19.1 Å². The van der Waals surface area contributed by atoms with E-state index < -0.39 is 52.0 Å². The molecule has 0 heterocycles. The number of alkyl halides is 1. The van der Waals surface area contributed by atoms with Gasteiger partial charge >= 0.3 is 0 Å². The van der Waals surface area contributed by atoms with Crippen molar-refractivity contribution in [1.82, 2.24) is 0 Å². The number of aromatic hydroxyl groups is 1. The van der Waals surface area contributed by atoms with Crippen molar-refractivity contribution < 1.29 is 34.8 Å². The van der Waals surface area contributed by atoms with Crippen molar-refractivity contribution in [1.29, 1.82) is 0 Å². The lowest BCUT2D eigenvalue weighted by atomic mass is 9.55. The molecule has 0 fully saturated rings. The van der Waals surface area contributed by atoms with Crippen LogP contribution in [0.4, 0.5) is 0 Å². The zero-order valence-electron chi connectivity index (χ0n) is 18.7. The molecule has 0 unspecified atom stereocenters. The van der Waals surface area contributed by atoms with E-state index in [-0.39, 0.29) is 41.4 Å². The van der Waals surface area contributed by atoms with Gasteiger partial charge in [-0.15, -0.1) is 0 Å². The Morgan fingerprint density at radius 2 is 1.88 bits per heavy atom. The van der Waals surface area contributed by atoms with Gasteiger partial charge in [-0.25, -0.2) is 0 Å². The third-order valence-electron chi connectivity index (χ3n) is 7.43. The highest BCUT2D eigenvalue weighted by Crippen LogP contribution is 2.55. The van der Waals surface area contributed by atoms with Crippen LogP contribution >= 0.6 is 22.6 Å². The normalized spacial score (nSPS) is 29.2. The van der Waals surface area contributed by atoms with Gasteiger partial charge in [0.2, 0.25) is 5.78 Å². The van der Waals surface area contributed by atoms with Crippen molar-refractivity contribution in [3.8, 4) is 5.75 Å². The minimum atomic E-state index is -2.49. The highest BCUT2D eigenvalue weighted by atomic mass is 127. The predicted octanol–water partition coefficient (Wildman–Crippen LogP) is 3.89. The van der Waals surface area contributed by atoms with E-state index in [1.807, 2.05) is 13.8 Å². The van der Waals surface area contributed by atoms with Gasteiger partial charge in [0, 0.05) is 33.8 Å². The molecule has 176 valence electrons. The van der Waals surface area contributed by atoms with Crippen molar-refractivity contribution in [3.63, 3.8) is 0 Å². The summed E-state index contributed by atoms with van der Waals surface area (Å²) in [5, 5.41) is 44.6. The number of aliphatic hydroxyl groups excluding tert-OH is 2. The number of allylic oxidation sites excluding steroid dienone is 2. The number of aliphatic hydroxyl groups is 3. The van der Waals surface area contributed by atoms with E-state index in [4.69, 9.17) is 0 Å². The first-order valence-electron chi connectivity index (χ1n) is 11.1. The second-order valence-electron chi connectivity index (χ2n) is 9.48. The number of ketones is 3. The molecule has 3 aliphatic carbocycles. The number of phenolic OH excluding ortho intramolecular Hbond substituents is 1. The number of rotatable bonds is 4. The van der Waals surface area contributed by atoms with Crippen LogP contribution in [0.2, 0.25) is 0 Å². The molecule has 4 N–H and O–H groups in total. The number of halogens is 1. The third kappa shape index (κ3) is 3.20. The molecule has 1 aromatic carbocycles. The van der Waals surface area contributed by atoms with Gasteiger partial charge in [0.25, 0.3) is 0 Å². The average Bonchev–Trinajstić information content (AvgIpc) is 2.76. The summed E-state index contributed by atoms with van der Waals surface area (Å²) in [6, 6.07) is 3.55. The summed E-state index contributed by atoms with van der Waals surface area (Å²) in [5.41, 5.74) is -1.79. The molecule has 4 atom stereocenters. The minimum absolute atomic E-state index is 0.0596. The molecule has 0 aliphatic heterocycles. The molecule has 0 spiro atoms. The Morgan fingerprint density at radius 3 is 2.45 bits per heavy atom. The fraction of sp³-hybridized carbons (Fsp3) is 0.480. The molecule has 0 aromatic heterocycles. The Bertz CT molecular complexity index is 1150. The van der Waals surface area contributed by atoms with Gasteiger partial charge in [-0.3, -0.25) is 14.4 Å². The number of carbonyl (C=O) groups is 3. The van der Waals surface area contributed by atoms with Gasteiger partial charge in [0.1, 0.15) is 22.8 Å². The van der Waals surface area contributed by atoms with Gasteiger partial charge < -0.3 is 20.4 Å². The highest BCUT2D eigenvalue weighted by molar-refractivity contribution is 14.1. The maximum absolute atomic E-state index is 13.5. The lowest BCUT2D eigenvalue weighted by Gasteiger charge is -2.50. The maximum atomic E-state index is 13.5. The summed E-state index contributed by atoms with van der Waals surface area (Å²) < 4.78 is 0.478. The quantitative estimate of drug-likeness (QED) is 0.247. The van der Waals surface area contributed by atoms with Crippen molar-refractivity contribution in [2.75, 3.05) is 0 Å². The van der Waals surface area contributed by atoms with Crippen LogP contribution in [0.5, 0.6) is 5.75 Å². The Kier molecular flexibility index (Phi) is 5.97. The summed E-state index contributed by atoms with van der Waals surface area (Å²) in [4.78, 5) is 39.5. The monoisotopic (exact) mass is 566 g/mol. The van der Waals surface area contributed by atoms with Crippen molar-refractivity contribution in [2.45, 2.75) is 50.1 Å². The second-order valence-corrected chi connectivity index (χ2v) is 10.2. The zero-order valence-corrected chi connectivity index (χ0v) is 20.8. The van der Waals surface area contributed by atoms with Crippen molar-refractivity contribution >= 4 is 39.9 Å². The Balaban J connectivity index is 1.95. The second kappa shape index (κ2) is 8.23. The average molecular weight is 566 g/mol. The number of phenols is 1. The lowest BCUT2D eigenvalue weighted by Crippen LogP contribution is -2.60. The molecule has 0 saturated carbocycles. The summed E-state index contributed by atoms with van der Waals surface area (Å²) >= 11 is 2.08. The summed E-state index contributed by atoms with van der Waals surface area (Å²) in [6.45, 7) is 5.17. The van der Waals surface area contributed by atoms with Crippen LogP contribution in [0.1, 0.15) is 55.1 Å². The van der Waals surface area contributed by atoms with Crippen LogP contribution in [0.15, 0.2) is 34.8 Å². The van der Waals surface area contributed by atoms with E-state index in [0.29, 0.717) is 22.0 Å². The van der Waals surface area contributed by atoms with Crippen LogP contribution in [0.3, 0.4) is 0 Å². The maximum Gasteiger partial charge on any atom is 0.209 e. The predicted molar refractivity (Wildman–Crippen MR) is 128 cm³/mol. The molecular weight excluding hydrogens is 539 g/mol. The molecule has 7 nitrogen and oxygen atoms in total. The van der Waals surface area contributed by atoms with Crippen LogP contribution in [-0.4, -0.2) is 43.4 Å². The molecule has 0 amide bonds. The smallest absolute Gasteiger partial charge is 0.209 e. The fourth-order valence-electron chi connectivity index (χ4n) is 5.83. The van der Waals surface area contributed by atoms with E-state index in [2.05, 4.69) is 22.6 Å². The van der Waals surface area contributed by atoms with E-state index in [1.165, 1.54) is 0 Å². The standard InChI is InChI=1S/C25H27IO7/c1-4-15(27)19-21(29)16(10(2)3)14-8-13-7-11-5-6-12(9-26)20(28)17(11)22(30)18(13)23(31)25(14,33)24(19)32/h5-6,10,13-14,16,28-29,31,33H,4,7-9H2,1-3H3/t13-,14-,16-,25-/m0/s1. The fourth-order valence-corrected chi connectivity index (χ4v) is 6.44. The number of fused-ring (bicyclic) bond motifs is 3. The van der Waals surface area contributed by atoms with Gasteiger partial charge in [-0.1, -0.05) is 55.5 Å².